The van der Waals surface area contributed by atoms with Crippen molar-refractivity contribution in [1.29, 1.82) is 5.26 Å². The third kappa shape index (κ3) is 7.92. The Morgan fingerprint density at radius 2 is 1.92 bits per heavy atom. The molecule has 1 fully saturated rings. The van der Waals surface area contributed by atoms with Gasteiger partial charge in [0.05, 0.1) is 33.5 Å². The van der Waals surface area contributed by atoms with Crippen molar-refractivity contribution in [2.45, 2.75) is 58.4 Å². The van der Waals surface area contributed by atoms with Gasteiger partial charge in [-0.25, -0.2) is 4.98 Å². The molecule has 0 bridgehead atoms. The van der Waals surface area contributed by atoms with Gasteiger partial charge in [0.1, 0.15) is 36.8 Å². The maximum Gasteiger partial charge on any atom is 0.320 e. The number of hydrogen-bond donors (Lipinski definition) is 2. The quantitative estimate of drug-likeness (QED) is 0.142. The Labute approximate surface area is 307 Å². The first-order valence-corrected chi connectivity index (χ1v) is 17.9. The standard InChI is InChI=1S/C41H39ClN6O4/c1-26-31(6-4-8-33(26)29-10-11-35-36(16-29)47-37(22-46-35)30-7-5-12-44-21-30)25-52-40-17-39(51-24-28-14-27(18-43)19-45-20-28)32(15-34(40)42)23-48-13-3-2-9-38(48)41(49)50/h4,6-8,10-11,14-17,19-20,22,38,44H,2-3,5,9,12-13,21,23-25H2,1H3,(H,49,50). The van der Waals surface area contributed by atoms with Gasteiger partial charge in [0.2, 0.25) is 0 Å². The lowest BCUT2D eigenvalue weighted by Gasteiger charge is -2.33. The fourth-order valence-corrected chi connectivity index (χ4v) is 7.13. The summed E-state index contributed by atoms with van der Waals surface area (Å²) in [7, 11) is 0. The number of carbonyl (C=O) groups is 1. The van der Waals surface area contributed by atoms with Crippen molar-refractivity contribution in [2.24, 2.45) is 0 Å². The molecule has 0 radical (unpaired) electrons. The Kier molecular flexibility index (Phi) is 10.7. The van der Waals surface area contributed by atoms with Crippen molar-refractivity contribution in [3.63, 3.8) is 0 Å². The van der Waals surface area contributed by atoms with Gasteiger partial charge in [0.25, 0.3) is 0 Å². The summed E-state index contributed by atoms with van der Waals surface area (Å²) in [5, 5.41) is 23.0. The molecule has 2 N–H and O–H groups in total. The number of piperidine rings is 1. The number of nitrogens with zero attached hydrogens (tertiary/aromatic N) is 5. The van der Waals surface area contributed by atoms with Crippen LogP contribution in [-0.4, -0.2) is 56.6 Å². The molecule has 3 aromatic carbocycles. The minimum absolute atomic E-state index is 0.159. The minimum atomic E-state index is -0.832. The Hall–Kier alpha value is -5.34. The van der Waals surface area contributed by atoms with Gasteiger partial charge in [-0.05, 0) is 91.4 Å². The molecule has 7 rings (SSSR count). The molecule has 264 valence electrons. The fraction of sp³-hybridized carbons (Fsp3) is 0.293. The second-order valence-corrected chi connectivity index (χ2v) is 13.6. The molecule has 2 aliphatic rings. The van der Waals surface area contributed by atoms with E-state index in [1.807, 2.05) is 29.3 Å². The number of nitrogens with one attached hydrogen (secondary N) is 1. The maximum absolute atomic E-state index is 12.1. The summed E-state index contributed by atoms with van der Waals surface area (Å²) in [5.41, 5.74) is 9.86. The smallest absolute Gasteiger partial charge is 0.320 e. The summed E-state index contributed by atoms with van der Waals surface area (Å²) >= 11 is 6.85. The Morgan fingerprint density at radius 1 is 1.04 bits per heavy atom. The van der Waals surface area contributed by atoms with Crippen LogP contribution in [0.4, 0.5) is 0 Å². The van der Waals surface area contributed by atoms with Gasteiger partial charge in [-0.15, -0.1) is 0 Å². The van der Waals surface area contributed by atoms with Crippen molar-refractivity contribution in [2.75, 3.05) is 19.6 Å². The first-order chi connectivity index (χ1) is 25.4. The number of halogens is 1. The molecule has 0 aliphatic carbocycles. The van der Waals surface area contributed by atoms with Crippen molar-refractivity contribution in [3.05, 3.63) is 118 Å². The maximum atomic E-state index is 12.1. The zero-order valence-electron chi connectivity index (χ0n) is 28.9. The Bertz CT molecular complexity index is 2200. The average Bonchev–Trinajstić information content (AvgIpc) is 3.17. The monoisotopic (exact) mass is 714 g/mol. The predicted octanol–water partition coefficient (Wildman–Crippen LogP) is 7.50. The van der Waals surface area contributed by atoms with Crippen LogP contribution in [0.25, 0.3) is 27.7 Å². The number of likely N-dealkylation sites (tertiary alicyclic amines) is 1. The fourth-order valence-electron chi connectivity index (χ4n) is 6.89. The van der Waals surface area contributed by atoms with Crippen LogP contribution >= 0.6 is 11.6 Å². The molecular weight excluding hydrogens is 676 g/mol. The number of hydrogen-bond acceptors (Lipinski definition) is 9. The van der Waals surface area contributed by atoms with Gasteiger partial charge in [-0.3, -0.25) is 19.7 Å². The molecule has 0 amide bonds. The number of carboxylic acid groups (broad SMARTS) is 1. The number of nitriles is 1. The summed E-state index contributed by atoms with van der Waals surface area (Å²) in [6, 6.07) is 19.2. The van der Waals surface area contributed by atoms with Gasteiger partial charge in [0.15, 0.2) is 0 Å². The van der Waals surface area contributed by atoms with E-state index in [0.717, 1.165) is 82.5 Å². The van der Waals surface area contributed by atoms with Crippen molar-refractivity contribution >= 4 is 34.2 Å². The van der Waals surface area contributed by atoms with Crippen LogP contribution in [0.3, 0.4) is 0 Å². The van der Waals surface area contributed by atoms with E-state index in [1.54, 1.807) is 24.4 Å². The number of ether oxygens (including phenoxy) is 2. The second-order valence-electron chi connectivity index (χ2n) is 13.2. The average molecular weight is 715 g/mol. The number of rotatable bonds is 11. The second kappa shape index (κ2) is 15.9. The Morgan fingerprint density at radius 3 is 2.75 bits per heavy atom. The number of aliphatic carboxylic acids is 1. The highest BCUT2D eigenvalue weighted by Crippen LogP contribution is 2.36. The highest BCUT2D eigenvalue weighted by molar-refractivity contribution is 6.32. The van der Waals surface area contributed by atoms with Gasteiger partial charge in [0, 0.05) is 42.7 Å². The van der Waals surface area contributed by atoms with E-state index in [0.29, 0.717) is 41.6 Å². The molecule has 1 atom stereocenters. The third-order valence-corrected chi connectivity index (χ3v) is 10.0. The van der Waals surface area contributed by atoms with E-state index in [9.17, 15) is 15.2 Å². The molecule has 1 saturated heterocycles. The van der Waals surface area contributed by atoms with Crippen LogP contribution in [0.1, 0.15) is 59.2 Å². The lowest BCUT2D eigenvalue weighted by Crippen LogP contribution is -2.44. The van der Waals surface area contributed by atoms with Gasteiger partial charge < -0.3 is 19.9 Å². The Balaban J connectivity index is 1.14. The van der Waals surface area contributed by atoms with E-state index >= 15 is 0 Å². The van der Waals surface area contributed by atoms with Gasteiger partial charge in [-0.2, -0.15) is 5.26 Å². The molecule has 2 aliphatic heterocycles. The van der Waals surface area contributed by atoms with E-state index in [-0.39, 0.29) is 13.2 Å². The number of benzene rings is 3. The topological polar surface area (TPSA) is 133 Å². The summed E-state index contributed by atoms with van der Waals surface area (Å²) in [6.07, 6.45) is 10.6. The molecule has 4 heterocycles. The number of fused-ring (bicyclic) bond motifs is 1. The van der Waals surface area contributed by atoms with Crippen molar-refractivity contribution in [3.8, 4) is 28.7 Å². The van der Waals surface area contributed by atoms with E-state index in [2.05, 4.69) is 52.6 Å². The van der Waals surface area contributed by atoms with Crippen molar-refractivity contribution < 1.29 is 19.4 Å². The first kappa shape index (κ1) is 35.1. The molecule has 10 nitrogen and oxygen atoms in total. The van der Waals surface area contributed by atoms with E-state index in [1.165, 1.54) is 11.8 Å². The number of aromatic nitrogens is 3. The van der Waals surface area contributed by atoms with E-state index < -0.39 is 12.0 Å². The summed E-state index contributed by atoms with van der Waals surface area (Å²) in [6.45, 7) is 5.29. The van der Waals surface area contributed by atoms with Crippen molar-refractivity contribution in [1.82, 2.24) is 25.2 Å². The van der Waals surface area contributed by atoms with Gasteiger partial charge in [-0.1, -0.05) is 48.4 Å². The lowest BCUT2D eigenvalue weighted by molar-refractivity contribution is -0.144. The summed E-state index contributed by atoms with van der Waals surface area (Å²) in [4.78, 5) is 27.8. The van der Waals surface area contributed by atoms with Crippen LogP contribution < -0.4 is 14.8 Å². The van der Waals surface area contributed by atoms with Gasteiger partial charge >= 0.3 is 5.97 Å². The SMILES string of the molecule is Cc1c(COc2cc(OCc3cncc(C#N)c3)c(CN3CCCCC3C(=O)O)cc2Cl)cccc1-c1ccc2ncc(C3=CCCNC3)nc2c1. The number of carboxylic acids is 1. The zero-order chi connectivity index (χ0) is 36.0. The highest BCUT2D eigenvalue weighted by atomic mass is 35.5. The number of pyridine rings is 1. The largest absolute Gasteiger partial charge is 0.488 e. The molecular formula is C41H39ClN6O4. The normalized spacial score (nSPS) is 16.2. The van der Waals surface area contributed by atoms with Crippen LogP contribution in [0.2, 0.25) is 5.02 Å². The molecule has 5 aromatic rings. The molecule has 0 saturated carbocycles. The molecule has 11 heteroatoms. The minimum Gasteiger partial charge on any atom is -0.488 e. The molecule has 2 aromatic heterocycles. The highest BCUT2D eigenvalue weighted by Gasteiger charge is 2.29. The summed E-state index contributed by atoms with van der Waals surface area (Å²) in [5.74, 6) is 0.141. The summed E-state index contributed by atoms with van der Waals surface area (Å²) < 4.78 is 12.7. The lowest BCUT2D eigenvalue weighted by atomic mass is 9.96. The molecule has 0 spiro atoms. The van der Waals surface area contributed by atoms with Crippen LogP contribution in [0.15, 0.2) is 79.3 Å². The molecule has 1 unspecified atom stereocenters. The van der Waals surface area contributed by atoms with Crippen LogP contribution in [0.5, 0.6) is 11.5 Å². The third-order valence-electron chi connectivity index (χ3n) is 9.74. The molecule has 52 heavy (non-hydrogen) atoms. The van der Waals surface area contributed by atoms with Crippen LogP contribution in [0, 0.1) is 18.3 Å². The predicted molar refractivity (Wildman–Crippen MR) is 200 cm³/mol. The van der Waals surface area contributed by atoms with Crippen LogP contribution in [-0.2, 0) is 24.6 Å². The van der Waals surface area contributed by atoms with E-state index in [4.69, 9.17) is 26.1 Å². The zero-order valence-corrected chi connectivity index (χ0v) is 29.7. The first-order valence-electron chi connectivity index (χ1n) is 17.5.